The van der Waals surface area contributed by atoms with Crippen LogP contribution in [0, 0.1) is 6.92 Å². The minimum Gasteiger partial charge on any atom is -0.342 e. The number of benzene rings is 1. The summed E-state index contributed by atoms with van der Waals surface area (Å²) in [5.74, 6) is 0.915. The minimum absolute atomic E-state index is 0.0233. The third kappa shape index (κ3) is 2.72. The van der Waals surface area contributed by atoms with E-state index in [1.807, 2.05) is 38.1 Å². The molecule has 4 nitrogen and oxygen atoms in total. The number of hydrogen-bond donors (Lipinski definition) is 2. The predicted octanol–water partition coefficient (Wildman–Crippen LogP) is 2.73. The van der Waals surface area contributed by atoms with Gasteiger partial charge in [0.2, 0.25) is 5.91 Å². The Labute approximate surface area is 100 Å². The quantitative estimate of drug-likeness (QED) is 0.850. The second kappa shape index (κ2) is 4.82. The molecule has 0 aliphatic rings. The van der Waals surface area contributed by atoms with Gasteiger partial charge in [0.1, 0.15) is 5.82 Å². The lowest BCUT2D eigenvalue weighted by Gasteiger charge is -2.04. The highest BCUT2D eigenvalue weighted by atomic mass is 16.1. The third-order valence-electron chi connectivity index (χ3n) is 2.50. The molecular weight excluding hydrogens is 214 g/mol. The molecule has 0 saturated carbocycles. The first-order valence-electron chi connectivity index (χ1n) is 5.61. The summed E-state index contributed by atoms with van der Waals surface area (Å²) in [5.41, 5.74) is 2.85. The van der Waals surface area contributed by atoms with Crippen LogP contribution in [0.1, 0.15) is 19.2 Å². The van der Waals surface area contributed by atoms with Crippen molar-refractivity contribution in [3.05, 3.63) is 36.3 Å². The van der Waals surface area contributed by atoms with Crippen LogP contribution in [0.15, 0.2) is 30.5 Å². The molecule has 0 fully saturated rings. The molecule has 0 atom stereocenters. The van der Waals surface area contributed by atoms with Crippen LogP contribution in [-0.2, 0) is 4.79 Å². The lowest BCUT2D eigenvalue weighted by atomic mass is 10.1. The van der Waals surface area contributed by atoms with Crippen LogP contribution < -0.4 is 5.32 Å². The number of hydrogen-bond acceptors (Lipinski definition) is 2. The monoisotopic (exact) mass is 229 g/mol. The highest BCUT2D eigenvalue weighted by Crippen LogP contribution is 2.19. The van der Waals surface area contributed by atoms with Gasteiger partial charge in [-0.05, 0) is 24.6 Å². The predicted molar refractivity (Wildman–Crippen MR) is 67.7 cm³/mol. The number of H-pyrrole nitrogens is 1. The van der Waals surface area contributed by atoms with E-state index in [2.05, 4.69) is 15.3 Å². The summed E-state index contributed by atoms with van der Waals surface area (Å²) in [6, 6.07) is 7.69. The number of imidazole rings is 1. The molecule has 17 heavy (non-hydrogen) atoms. The fraction of sp³-hybridized carbons (Fsp3) is 0.231. The average molecular weight is 229 g/mol. The zero-order chi connectivity index (χ0) is 12.3. The normalized spacial score (nSPS) is 10.2. The van der Waals surface area contributed by atoms with E-state index in [1.54, 1.807) is 6.20 Å². The number of carbonyl (C=O) groups excluding carboxylic acids is 1. The van der Waals surface area contributed by atoms with Crippen LogP contribution in [0.25, 0.3) is 11.3 Å². The molecular formula is C13H15N3O. The second-order valence-corrected chi connectivity index (χ2v) is 3.86. The van der Waals surface area contributed by atoms with Crippen LogP contribution in [-0.4, -0.2) is 15.9 Å². The number of rotatable bonds is 3. The topological polar surface area (TPSA) is 57.8 Å². The number of anilines is 1. The zero-order valence-corrected chi connectivity index (χ0v) is 9.95. The van der Waals surface area contributed by atoms with E-state index in [4.69, 9.17) is 0 Å². The van der Waals surface area contributed by atoms with Crippen molar-refractivity contribution in [1.82, 2.24) is 9.97 Å². The Morgan fingerprint density at radius 1 is 1.35 bits per heavy atom. The highest BCUT2D eigenvalue weighted by molar-refractivity contribution is 5.90. The van der Waals surface area contributed by atoms with E-state index < -0.39 is 0 Å². The van der Waals surface area contributed by atoms with Crippen LogP contribution in [0.4, 0.5) is 5.69 Å². The van der Waals surface area contributed by atoms with Crippen molar-refractivity contribution in [2.24, 2.45) is 0 Å². The molecule has 1 heterocycles. The molecule has 1 aromatic heterocycles. The summed E-state index contributed by atoms with van der Waals surface area (Å²) < 4.78 is 0. The largest absolute Gasteiger partial charge is 0.342 e. The van der Waals surface area contributed by atoms with Gasteiger partial charge in [-0.1, -0.05) is 19.1 Å². The highest BCUT2D eigenvalue weighted by Gasteiger charge is 2.02. The summed E-state index contributed by atoms with van der Waals surface area (Å²) in [7, 11) is 0. The van der Waals surface area contributed by atoms with Crippen LogP contribution in [0.3, 0.4) is 0 Å². The number of nitrogens with one attached hydrogen (secondary N) is 2. The fourth-order valence-corrected chi connectivity index (χ4v) is 1.55. The van der Waals surface area contributed by atoms with Gasteiger partial charge < -0.3 is 10.3 Å². The molecule has 0 spiro atoms. The minimum atomic E-state index is 0.0233. The van der Waals surface area contributed by atoms with Crippen LogP contribution in [0.5, 0.6) is 0 Å². The molecule has 0 saturated heterocycles. The Morgan fingerprint density at radius 2 is 2.06 bits per heavy atom. The van der Waals surface area contributed by atoms with Crippen molar-refractivity contribution in [3.8, 4) is 11.3 Å². The third-order valence-corrected chi connectivity index (χ3v) is 2.50. The first kappa shape index (κ1) is 11.4. The van der Waals surface area contributed by atoms with Crippen molar-refractivity contribution in [2.45, 2.75) is 20.3 Å². The molecule has 0 radical (unpaired) electrons. The summed E-state index contributed by atoms with van der Waals surface area (Å²) in [4.78, 5) is 18.5. The van der Waals surface area contributed by atoms with Gasteiger partial charge in [0.25, 0.3) is 0 Å². The van der Waals surface area contributed by atoms with Crippen molar-refractivity contribution in [1.29, 1.82) is 0 Å². The van der Waals surface area contributed by atoms with Gasteiger partial charge in [-0.25, -0.2) is 4.98 Å². The molecule has 88 valence electrons. The van der Waals surface area contributed by atoms with Gasteiger partial charge in [-0.2, -0.15) is 0 Å². The van der Waals surface area contributed by atoms with E-state index in [0.29, 0.717) is 6.42 Å². The van der Waals surface area contributed by atoms with Gasteiger partial charge >= 0.3 is 0 Å². The number of nitrogens with zero attached hydrogens (tertiary/aromatic N) is 1. The van der Waals surface area contributed by atoms with E-state index in [9.17, 15) is 4.79 Å². The smallest absolute Gasteiger partial charge is 0.224 e. The maximum absolute atomic E-state index is 11.2. The Kier molecular flexibility index (Phi) is 3.23. The van der Waals surface area contributed by atoms with Crippen LogP contribution >= 0.6 is 0 Å². The molecule has 0 bridgehead atoms. The summed E-state index contributed by atoms with van der Waals surface area (Å²) >= 11 is 0. The Hall–Kier alpha value is -2.10. The van der Waals surface area contributed by atoms with Gasteiger partial charge in [-0.3, -0.25) is 4.79 Å². The summed E-state index contributed by atoms with van der Waals surface area (Å²) in [5, 5.41) is 2.81. The van der Waals surface area contributed by atoms with Crippen molar-refractivity contribution >= 4 is 11.6 Å². The van der Waals surface area contributed by atoms with Gasteiger partial charge in [0, 0.05) is 12.1 Å². The van der Waals surface area contributed by atoms with Gasteiger partial charge in [-0.15, -0.1) is 0 Å². The number of aromatic amines is 1. The van der Waals surface area contributed by atoms with Crippen LogP contribution in [0.2, 0.25) is 0 Å². The Morgan fingerprint density at radius 3 is 2.59 bits per heavy atom. The Bertz CT molecular complexity index is 514. The van der Waals surface area contributed by atoms with Gasteiger partial charge in [0.05, 0.1) is 11.9 Å². The van der Waals surface area contributed by atoms with Crippen molar-refractivity contribution in [2.75, 3.05) is 5.32 Å². The molecule has 2 rings (SSSR count). The lowest BCUT2D eigenvalue weighted by molar-refractivity contribution is -0.115. The number of aromatic nitrogens is 2. The van der Waals surface area contributed by atoms with Crippen molar-refractivity contribution < 1.29 is 4.79 Å². The zero-order valence-electron chi connectivity index (χ0n) is 9.95. The number of carbonyl (C=O) groups is 1. The molecule has 0 unspecified atom stereocenters. The summed E-state index contributed by atoms with van der Waals surface area (Å²) in [6.45, 7) is 3.75. The SMILES string of the molecule is CCC(=O)Nc1ccc(-c2cnc(C)[nH]2)cc1. The number of aryl methyl sites for hydroxylation is 1. The molecule has 2 aromatic rings. The molecule has 1 amide bonds. The Balaban J connectivity index is 2.15. The van der Waals surface area contributed by atoms with E-state index >= 15 is 0 Å². The van der Waals surface area contributed by atoms with Crippen molar-refractivity contribution in [3.63, 3.8) is 0 Å². The average Bonchev–Trinajstić information content (AvgIpc) is 2.77. The maximum Gasteiger partial charge on any atom is 0.224 e. The first-order valence-corrected chi connectivity index (χ1v) is 5.61. The summed E-state index contributed by atoms with van der Waals surface area (Å²) in [6.07, 6.45) is 2.29. The maximum atomic E-state index is 11.2. The second-order valence-electron chi connectivity index (χ2n) is 3.86. The molecule has 0 aliphatic heterocycles. The van der Waals surface area contributed by atoms with E-state index in [0.717, 1.165) is 22.8 Å². The molecule has 2 N–H and O–H groups in total. The number of amides is 1. The van der Waals surface area contributed by atoms with E-state index in [-0.39, 0.29) is 5.91 Å². The lowest BCUT2D eigenvalue weighted by Crippen LogP contribution is -2.08. The fourth-order valence-electron chi connectivity index (χ4n) is 1.55. The standard InChI is InChI=1S/C13H15N3O/c1-3-13(17)16-11-6-4-10(5-7-11)12-8-14-9(2)15-12/h4-8H,3H2,1-2H3,(H,14,15)(H,16,17). The molecule has 4 heteroatoms. The first-order chi connectivity index (χ1) is 8.19. The molecule has 1 aromatic carbocycles. The molecule has 0 aliphatic carbocycles. The van der Waals surface area contributed by atoms with Gasteiger partial charge in [0.15, 0.2) is 0 Å². The van der Waals surface area contributed by atoms with E-state index in [1.165, 1.54) is 0 Å².